The summed E-state index contributed by atoms with van der Waals surface area (Å²) in [5.74, 6) is 0.0845. The minimum absolute atomic E-state index is 0. The van der Waals surface area contributed by atoms with Crippen LogP contribution >= 0.6 is 0 Å². The van der Waals surface area contributed by atoms with E-state index >= 15 is 0 Å². The Balaban J connectivity index is 0.00000196. The summed E-state index contributed by atoms with van der Waals surface area (Å²) in [6.07, 6.45) is 6.53. The summed E-state index contributed by atoms with van der Waals surface area (Å²) in [5.41, 5.74) is 5.69. The molecule has 4 aromatic rings. The van der Waals surface area contributed by atoms with Crippen molar-refractivity contribution in [3.05, 3.63) is 90.4 Å². The Labute approximate surface area is 154 Å². The number of rotatable bonds is 5. The van der Waals surface area contributed by atoms with Crippen molar-refractivity contribution >= 4 is 10.9 Å². The number of hydrogen-bond donors (Lipinski definition) is 2. The van der Waals surface area contributed by atoms with Gasteiger partial charge in [0.25, 0.3) is 0 Å². The number of aliphatic hydroxyl groups excluding tert-OH is 1. The lowest BCUT2D eigenvalue weighted by Crippen LogP contribution is -2.08. The molecule has 132 valence electrons. The van der Waals surface area contributed by atoms with E-state index in [1.54, 1.807) is 0 Å². The molecule has 0 aliphatic carbocycles. The van der Waals surface area contributed by atoms with E-state index in [9.17, 15) is 5.11 Å². The fourth-order valence-electron chi connectivity index (χ4n) is 3.38. The van der Waals surface area contributed by atoms with Crippen molar-refractivity contribution in [1.29, 1.82) is 0 Å². The van der Waals surface area contributed by atoms with Gasteiger partial charge < -0.3 is 10.1 Å². The van der Waals surface area contributed by atoms with Crippen molar-refractivity contribution < 1.29 is 5.11 Å². The van der Waals surface area contributed by atoms with Crippen LogP contribution in [0.4, 0.5) is 0 Å². The molecular weight excluding hydrogens is 320 g/mol. The van der Waals surface area contributed by atoms with E-state index in [0.717, 1.165) is 28.6 Å². The standard InChI is InChI=1S/C22H20N2O.CH4/c25-15-19(17-5-2-1-3-6-17)12-16-11-18(14-23-13-16)20-7-4-8-22-21(20)9-10-24-22;/h1-11,13-14,19,24-25H,12,15H2;1H4/t19-;/m0./s1. The Morgan fingerprint density at radius 1 is 0.962 bits per heavy atom. The smallest absolute Gasteiger partial charge is 0.0502 e. The van der Waals surface area contributed by atoms with Crippen molar-refractivity contribution in [3.63, 3.8) is 0 Å². The van der Waals surface area contributed by atoms with Crippen molar-refractivity contribution in [2.75, 3.05) is 6.61 Å². The lowest BCUT2D eigenvalue weighted by atomic mass is 9.92. The highest BCUT2D eigenvalue weighted by molar-refractivity contribution is 5.94. The van der Waals surface area contributed by atoms with Crippen LogP contribution in [0.1, 0.15) is 24.5 Å². The summed E-state index contributed by atoms with van der Waals surface area (Å²) < 4.78 is 0. The minimum atomic E-state index is 0. The third kappa shape index (κ3) is 3.53. The number of aromatic nitrogens is 2. The Bertz CT molecular complexity index is 976. The number of benzene rings is 2. The first-order valence-electron chi connectivity index (χ1n) is 8.51. The normalized spacial score (nSPS) is 11.9. The van der Waals surface area contributed by atoms with Gasteiger partial charge in [-0.1, -0.05) is 49.9 Å². The summed E-state index contributed by atoms with van der Waals surface area (Å²) in [4.78, 5) is 7.70. The van der Waals surface area contributed by atoms with Gasteiger partial charge in [0.2, 0.25) is 0 Å². The lowest BCUT2D eigenvalue weighted by Gasteiger charge is -2.15. The summed E-state index contributed by atoms with van der Waals surface area (Å²) in [7, 11) is 0. The maximum absolute atomic E-state index is 9.82. The molecule has 1 atom stereocenters. The van der Waals surface area contributed by atoms with Crippen LogP contribution in [-0.4, -0.2) is 21.7 Å². The number of H-pyrrole nitrogens is 1. The van der Waals surface area contributed by atoms with Gasteiger partial charge in [-0.2, -0.15) is 0 Å². The van der Waals surface area contributed by atoms with Gasteiger partial charge in [0.1, 0.15) is 0 Å². The molecule has 2 heterocycles. The highest BCUT2D eigenvalue weighted by Crippen LogP contribution is 2.29. The summed E-state index contributed by atoms with van der Waals surface area (Å²) in [6, 6.07) is 20.7. The largest absolute Gasteiger partial charge is 0.396 e. The van der Waals surface area contributed by atoms with E-state index in [-0.39, 0.29) is 20.0 Å². The maximum Gasteiger partial charge on any atom is 0.0502 e. The van der Waals surface area contributed by atoms with Gasteiger partial charge in [-0.3, -0.25) is 4.98 Å². The van der Waals surface area contributed by atoms with Crippen LogP contribution in [-0.2, 0) is 6.42 Å². The lowest BCUT2D eigenvalue weighted by molar-refractivity contribution is 0.264. The van der Waals surface area contributed by atoms with Gasteiger partial charge in [-0.05, 0) is 41.3 Å². The van der Waals surface area contributed by atoms with Gasteiger partial charge in [-0.15, -0.1) is 0 Å². The van der Waals surface area contributed by atoms with Crippen LogP contribution in [0.2, 0.25) is 0 Å². The topological polar surface area (TPSA) is 48.9 Å². The van der Waals surface area contributed by atoms with E-state index in [4.69, 9.17) is 0 Å². The minimum Gasteiger partial charge on any atom is -0.396 e. The molecule has 0 fully saturated rings. The number of aliphatic hydroxyl groups is 1. The second-order valence-corrected chi connectivity index (χ2v) is 6.32. The van der Waals surface area contributed by atoms with Crippen molar-refractivity contribution in [3.8, 4) is 11.1 Å². The number of aromatic amines is 1. The van der Waals surface area contributed by atoms with Crippen LogP contribution in [0, 0.1) is 0 Å². The van der Waals surface area contributed by atoms with E-state index in [1.807, 2.05) is 36.8 Å². The average Bonchev–Trinajstić information content (AvgIpc) is 3.16. The number of hydrogen-bond acceptors (Lipinski definition) is 2. The predicted molar refractivity (Wildman–Crippen MR) is 108 cm³/mol. The summed E-state index contributed by atoms with van der Waals surface area (Å²) >= 11 is 0. The molecule has 3 heteroatoms. The molecule has 26 heavy (non-hydrogen) atoms. The van der Waals surface area contributed by atoms with Gasteiger partial charge in [0, 0.05) is 41.0 Å². The van der Waals surface area contributed by atoms with Gasteiger partial charge in [0.05, 0.1) is 6.61 Å². The fourth-order valence-corrected chi connectivity index (χ4v) is 3.38. The molecule has 0 aliphatic heterocycles. The molecule has 0 spiro atoms. The second kappa shape index (κ2) is 7.98. The first-order valence-corrected chi connectivity index (χ1v) is 8.51. The predicted octanol–water partition coefficient (Wildman–Crippen LogP) is 5.18. The molecule has 0 bridgehead atoms. The monoisotopic (exact) mass is 344 g/mol. The van der Waals surface area contributed by atoms with Gasteiger partial charge >= 0.3 is 0 Å². The maximum atomic E-state index is 9.82. The molecule has 0 amide bonds. The Morgan fingerprint density at radius 3 is 2.62 bits per heavy atom. The first kappa shape index (κ1) is 17.9. The van der Waals surface area contributed by atoms with Gasteiger partial charge in [0.15, 0.2) is 0 Å². The molecule has 0 aliphatic rings. The van der Waals surface area contributed by atoms with Crippen molar-refractivity contribution in [1.82, 2.24) is 9.97 Å². The molecule has 3 nitrogen and oxygen atoms in total. The SMILES string of the molecule is C.OC[C@H](Cc1cncc(-c2cccc3[nH]ccc23)c1)c1ccccc1. The van der Waals surface area contributed by atoms with E-state index < -0.39 is 0 Å². The fraction of sp³-hybridized carbons (Fsp3) is 0.174. The summed E-state index contributed by atoms with van der Waals surface area (Å²) in [5, 5.41) is 11.0. The van der Waals surface area contributed by atoms with Crippen LogP contribution < -0.4 is 0 Å². The zero-order valence-corrected chi connectivity index (χ0v) is 13.9. The molecule has 0 saturated heterocycles. The van der Waals surface area contributed by atoms with Crippen LogP contribution in [0.5, 0.6) is 0 Å². The highest BCUT2D eigenvalue weighted by Gasteiger charge is 2.12. The Hall–Kier alpha value is -2.91. The Morgan fingerprint density at radius 2 is 1.81 bits per heavy atom. The quantitative estimate of drug-likeness (QED) is 0.524. The van der Waals surface area contributed by atoms with E-state index in [2.05, 4.69) is 52.4 Å². The number of nitrogens with zero attached hydrogens (tertiary/aromatic N) is 1. The molecule has 0 radical (unpaired) electrons. The summed E-state index contributed by atoms with van der Waals surface area (Å²) in [6.45, 7) is 0.127. The van der Waals surface area contributed by atoms with Gasteiger partial charge in [-0.25, -0.2) is 0 Å². The second-order valence-electron chi connectivity index (χ2n) is 6.32. The number of fused-ring (bicyclic) bond motifs is 1. The number of pyridine rings is 1. The van der Waals surface area contributed by atoms with Crippen LogP contribution in [0.3, 0.4) is 0 Å². The molecule has 0 unspecified atom stereocenters. The van der Waals surface area contributed by atoms with Crippen LogP contribution in [0.15, 0.2) is 79.3 Å². The van der Waals surface area contributed by atoms with Crippen molar-refractivity contribution in [2.24, 2.45) is 0 Å². The molecule has 2 aromatic carbocycles. The van der Waals surface area contributed by atoms with E-state index in [0.29, 0.717) is 0 Å². The molecule has 4 rings (SSSR count). The van der Waals surface area contributed by atoms with Crippen LogP contribution in [0.25, 0.3) is 22.0 Å². The average molecular weight is 344 g/mol. The first-order chi connectivity index (χ1) is 12.3. The molecule has 0 saturated carbocycles. The number of nitrogens with one attached hydrogen (secondary N) is 1. The molecule has 2 N–H and O–H groups in total. The zero-order valence-electron chi connectivity index (χ0n) is 13.9. The molecule has 2 aromatic heterocycles. The zero-order chi connectivity index (χ0) is 17.1. The third-order valence-corrected chi connectivity index (χ3v) is 4.67. The third-order valence-electron chi connectivity index (χ3n) is 4.67. The highest BCUT2D eigenvalue weighted by atomic mass is 16.3. The molecular formula is C23H24N2O. The Kier molecular flexibility index (Phi) is 5.49. The van der Waals surface area contributed by atoms with Crippen molar-refractivity contribution in [2.45, 2.75) is 19.8 Å². The van der Waals surface area contributed by atoms with E-state index in [1.165, 1.54) is 10.9 Å².